The highest BCUT2D eigenvalue weighted by Crippen LogP contribution is 2.34. The van der Waals surface area contributed by atoms with Crippen LogP contribution in [0, 0.1) is 12.8 Å². The number of H-pyrrole nitrogens is 1. The van der Waals surface area contributed by atoms with Gasteiger partial charge in [0.15, 0.2) is 0 Å². The number of aromatic amines is 1. The number of hydrogen-bond acceptors (Lipinski definition) is 2. The van der Waals surface area contributed by atoms with Gasteiger partial charge in [-0.25, -0.2) is 0 Å². The number of hydrogen-bond donors (Lipinski definition) is 2. The molecule has 2 aliphatic rings. The Morgan fingerprint density at radius 1 is 1.13 bits per heavy atom. The Labute approximate surface area is 189 Å². The van der Waals surface area contributed by atoms with Gasteiger partial charge < -0.3 is 15.2 Å². The van der Waals surface area contributed by atoms with Crippen LogP contribution in [-0.4, -0.2) is 35.4 Å². The molecule has 0 unspecified atom stereocenters. The van der Waals surface area contributed by atoms with Crippen LogP contribution in [0.2, 0.25) is 5.02 Å². The molecule has 162 valence electrons. The number of likely N-dealkylation sites (tertiary alicyclic amines) is 1. The van der Waals surface area contributed by atoms with Gasteiger partial charge in [0.25, 0.3) is 0 Å². The predicted molar refractivity (Wildman–Crippen MR) is 128 cm³/mol. The van der Waals surface area contributed by atoms with E-state index in [0.29, 0.717) is 5.92 Å². The molecule has 4 nitrogen and oxygen atoms in total. The maximum Gasteiger partial charge on any atom is 0.227 e. The summed E-state index contributed by atoms with van der Waals surface area (Å²) < 4.78 is 0. The van der Waals surface area contributed by atoms with E-state index in [1.54, 1.807) is 0 Å². The third kappa shape index (κ3) is 4.65. The van der Waals surface area contributed by atoms with Crippen LogP contribution in [0.3, 0.4) is 0 Å². The van der Waals surface area contributed by atoms with E-state index in [0.717, 1.165) is 55.1 Å². The Bertz CT molecular complexity index is 1090. The fraction of sp³-hybridized carbons (Fsp3) is 0.423. The van der Waals surface area contributed by atoms with E-state index >= 15 is 0 Å². The number of benzene rings is 2. The third-order valence-electron chi connectivity index (χ3n) is 6.97. The minimum atomic E-state index is 0.177. The summed E-state index contributed by atoms with van der Waals surface area (Å²) in [7, 11) is 0. The van der Waals surface area contributed by atoms with Crippen LogP contribution >= 0.6 is 11.6 Å². The molecule has 0 atom stereocenters. The van der Waals surface area contributed by atoms with Crippen LogP contribution in [-0.2, 0) is 11.2 Å². The van der Waals surface area contributed by atoms with E-state index in [-0.39, 0.29) is 11.8 Å². The number of halogens is 1. The quantitative estimate of drug-likeness (QED) is 0.506. The smallest absolute Gasteiger partial charge is 0.227 e. The number of nitrogens with zero attached hydrogens (tertiary/aromatic N) is 1. The Morgan fingerprint density at radius 2 is 1.94 bits per heavy atom. The van der Waals surface area contributed by atoms with Crippen molar-refractivity contribution in [3.8, 4) is 0 Å². The minimum Gasteiger partial charge on any atom is -0.361 e. The van der Waals surface area contributed by atoms with Crippen LogP contribution < -0.4 is 5.32 Å². The van der Waals surface area contributed by atoms with Gasteiger partial charge in [-0.3, -0.25) is 4.79 Å². The van der Waals surface area contributed by atoms with Gasteiger partial charge in [-0.1, -0.05) is 23.7 Å². The SMILES string of the molecule is Cc1ccc(NC(=O)C2CC2)cc1CCN1CCC(c2c[nH]c3cc(Cl)ccc23)CC1. The molecule has 0 spiro atoms. The zero-order valence-corrected chi connectivity index (χ0v) is 18.8. The normalized spacial score (nSPS) is 17.9. The van der Waals surface area contributed by atoms with Crippen molar-refractivity contribution in [2.45, 2.75) is 44.9 Å². The molecule has 5 heteroatoms. The van der Waals surface area contributed by atoms with Crippen molar-refractivity contribution in [2.24, 2.45) is 5.92 Å². The van der Waals surface area contributed by atoms with Crippen molar-refractivity contribution < 1.29 is 4.79 Å². The second-order valence-corrected chi connectivity index (χ2v) is 9.64. The largest absolute Gasteiger partial charge is 0.361 e. The lowest BCUT2D eigenvalue weighted by atomic mass is 9.89. The van der Waals surface area contributed by atoms with Crippen LogP contribution in [0.4, 0.5) is 5.69 Å². The highest BCUT2D eigenvalue weighted by atomic mass is 35.5. The van der Waals surface area contributed by atoms with Gasteiger partial charge >= 0.3 is 0 Å². The number of amides is 1. The number of aromatic nitrogens is 1. The molecule has 0 radical (unpaired) electrons. The number of rotatable bonds is 6. The molecule has 31 heavy (non-hydrogen) atoms. The zero-order chi connectivity index (χ0) is 21.4. The van der Waals surface area contributed by atoms with E-state index in [1.165, 1.54) is 34.9 Å². The summed E-state index contributed by atoms with van der Waals surface area (Å²) in [6, 6.07) is 12.5. The van der Waals surface area contributed by atoms with Crippen molar-refractivity contribution in [1.29, 1.82) is 0 Å². The fourth-order valence-corrected chi connectivity index (χ4v) is 4.99. The Morgan fingerprint density at radius 3 is 2.71 bits per heavy atom. The third-order valence-corrected chi connectivity index (χ3v) is 7.20. The summed E-state index contributed by atoms with van der Waals surface area (Å²) in [5.74, 6) is 1.02. The molecule has 5 rings (SSSR count). The molecule has 1 saturated heterocycles. The zero-order valence-electron chi connectivity index (χ0n) is 18.1. The molecule has 2 aromatic carbocycles. The van der Waals surface area contributed by atoms with Crippen LogP contribution in [0.25, 0.3) is 10.9 Å². The lowest BCUT2D eigenvalue weighted by Gasteiger charge is -2.32. The molecular formula is C26H30ClN3O. The monoisotopic (exact) mass is 435 g/mol. The number of anilines is 1. The predicted octanol–water partition coefficient (Wildman–Crippen LogP) is 5.90. The van der Waals surface area contributed by atoms with Crippen molar-refractivity contribution in [2.75, 3.05) is 25.0 Å². The summed E-state index contributed by atoms with van der Waals surface area (Å²) in [6.45, 7) is 5.48. The van der Waals surface area contributed by atoms with E-state index in [1.807, 2.05) is 18.2 Å². The molecule has 2 heterocycles. The summed E-state index contributed by atoms with van der Waals surface area (Å²) in [6.07, 6.45) is 7.64. The number of carbonyl (C=O) groups is 1. The van der Waals surface area contributed by atoms with Gasteiger partial charge in [0.2, 0.25) is 5.91 Å². The van der Waals surface area contributed by atoms with Crippen molar-refractivity contribution in [1.82, 2.24) is 9.88 Å². The number of fused-ring (bicyclic) bond motifs is 1. The number of nitrogens with one attached hydrogen (secondary N) is 2. The van der Waals surface area contributed by atoms with Crippen molar-refractivity contribution >= 4 is 34.1 Å². The Kier molecular flexibility index (Phi) is 5.77. The van der Waals surface area contributed by atoms with Gasteiger partial charge in [-0.15, -0.1) is 0 Å². The maximum absolute atomic E-state index is 12.1. The first-order valence-corrected chi connectivity index (χ1v) is 11.8. The molecule has 0 bridgehead atoms. The van der Waals surface area contributed by atoms with E-state index < -0.39 is 0 Å². The van der Waals surface area contributed by atoms with E-state index in [4.69, 9.17) is 11.6 Å². The number of piperidine rings is 1. The first-order chi connectivity index (χ1) is 15.1. The van der Waals surface area contributed by atoms with Gasteiger partial charge in [0.05, 0.1) is 0 Å². The van der Waals surface area contributed by atoms with Crippen molar-refractivity contribution in [3.05, 3.63) is 64.3 Å². The van der Waals surface area contributed by atoms with Crippen molar-refractivity contribution in [3.63, 3.8) is 0 Å². The molecule has 3 aromatic rings. The summed E-state index contributed by atoms with van der Waals surface area (Å²) in [5, 5.41) is 5.17. The Balaban J connectivity index is 1.17. The topological polar surface area (TPSA) is 48.1 Å². The summed E-state index contributed by atoms with van der Waals surface area (Å²) in [5.41, 5.74) is 6.15. The van der Waals surface area contributed by atoms with Crippen LogP contribution in [0.5, 0.6) is 0 Å². The van der Waals surface area contributed by atoms with Crippen LogP contribution in [0.1, 0.15) is 48.3 Å². The average Bonchev–Trinajstić information content (AvgIpc) is 3.55. The number of carbonyl (C=O) groups excluding carboxylic acids is 1. The molecule has 2 N–H and O–H groups in total. The molecule has 1 amide bonds. The highest BCUT2D eigenvalue weighted by molar-refractivity contribution is 6.31. The van der Waals surface area contributed by atoms with E-state index in [9.17, 15) is 4.79 Å². The van der Waals surface area contributed by atoms with Gasteiger partial charge in [0, 0.05) is 40.3 Å². The lowest BCUT2D eigenvalue weighted by Crippen LogP contribution is -2.34. The van der Waals surface area contributed by atoms with Gasteiger partial charge in [-0.05, 0) is 99.0 Å². The van der Waals surface area contributed by atoms with Gasteiger partial charge in [0.1, 0.15) is 0 Å². The first-order valence-electron chi connectivity index (χ1n) is 11.5. The van der Waals surface area contributed by atoms with Crippen LogP contribution in [0.15, 0.2) is 42.6 Å². The highest BCUT2D eigenvalue weighted by Gasteiger charge is 2.29. The number of aryl methyl sites for hydroxylation is 1. The molecular weight excluding hydrogens is 406 g/mol. The average molecular weight is 436 g/mol. The Hall–Kier alpha value is -2.30. The standard InChI is InChI=1S/C26H30ClN3O/c1-17-2-6-22(29-26(31)19-3-4-19)14-20(17)10-13-30-11-8-18(9-12-30)24-16-28-25-15-21(27)5-7-23(24)25/h2,5-7,14-16,18-19,28H,3-4,8-13H2,1H3,(H,29,31). The summed E-state index contributed by atoms with van der Waals surface area (Å²) in [4.78, 5) is 18.0. The lowest BCUT2D eigenvalue weighted by molar-refractivity contribution is -0.117. The van der Waals surface area contributed by atoms with Gasteiger partial charge in [-0.2, -0.15) is 0 Å². The molecule has 1 aliphatic carbocycles. The first kappa shape index (κ1) is 20.6. The molecule has 1 aliphatic heterocycles. The molecule has 1 aromatic heterocycles. The molecule has 1 saturated carbocycles. The second kappa shape index (κ2) is 8.68. The second-order valence-electron chi connectivity index (χ2n) is 9.20. The minimum absolute atomic E-state index is 0.177. The summed E-state index contributed by atoms with van der Waals surface area (Å²) >= 11 is 6.13. The van der Waals surface area contributed by atoms with E-state index in [2.05, 4.69) is 46.5 Å². The molecule has 2 fully saturated rings. The maximum atomic E-state index is 12.1. The fourth-order valence-electron chi connectivity index (χ4n) is 4.81.